The van der Waals surface area contributed by atoms with Crippen molar-refractivity contribution < 1.29 is 31.4 Å². The largest absolute Gasteiger partial charge is 0.490 e. The van der Waals surface area contributed by atoms with Crippen LogP contribution in [0.2, 0.25) is 0 Å². The molecule has 3 atom stereocenters. The Morgan fingerprint density at radius 2 is 1.70 bits per heavy atom. The fraction of sp³-hybridized carbons (Fsp3) is 0.471. The molecular formula is C34H37F5N2O2. The smallest absolute Gasteiger partial charge is 0.401 e. The highest BCUT2D eigenvalue weighted by Crippen LogP contribution is 2.44. The Labute approximate surface area is 249 Å². The van der Waals surface area contributed by atoms with E-state index >= 15 is 8.78 Å². The molecule has 0 aromatic heterocycles. The topological polar surface area (TPSA) is 33.7 Å². The van der Waals surface area contributed by atoms with Gasteiger partial charge in [0.1, 0.15) is 29.7 Å². The van der Waals surface area contributed by atoms with Crippen LogP contribution in [-0.4, -0.2) is 43.4 Å². The van der Waals surface area contributed by atoms with E-state index in [1.165, 1.54) is 0 Å². The number of nitrogens with zero attached hydrogens (tertiary/aromatic N) is 1. The molecule has 2 heterocycles. The van der Waals surface area contributed by atoms with Crippen molar-refractivity contribution >= 4 is 0 Å². The maximum Gasteiger partial charge on any atom is 0.401 e. The van der Waals surface area contributed by atoms with Gasteiger partial charge in [0.2, 0.25) is 0 Å². The van der Waals surface area contributed by atoms with Gasteiger partial charge in [0.25, 0.3) is 0 Å². The van der Waals surface area contributed by atoms with Gasteiger partial charge in [-0.2, -0.15) is 13.2 Å². The summed E-state index contributed by atoms with van der Waals surface area (Å²) in [7, 11) is 0. The van der Waals surface area contributed by atoms with Gasteiger partial charge in [-0.05, 0) is 85.7 Å². The summed E-state index contributed by atoms with van der Waals surface area (Å²) in [5.74, 6) is -1.19. The minimum Gasteiger partial charge on any atom is -0.490 e. The predicted octanol–water partition coefficient (Wildman–Crippen LogP) is 7.74. The second-order valence-electron chi connectivity index (χ2n) is 12.3. The highest BCUT2D eigenvalue weighted by Gasteiger charge is 2.41. The monoisotopic (exact) mass is 600 g/mol. The minimum atomic E-state index is -4.53. The van der Waals surface area contributed by atoms with Crippen LogP contribution in [0.1, 0.15) is 66.8 Å². The lowest BCUT2D eigenvalue weighted by atomic mass is 9.69. The van der Waals surface area contributed by atoms with Crippen LogP contribution in [0.25, 0.3) is 0 Å². The fourth-order valence-electron chi connectivity index (χ4n) is 7.22. The standard InChI is InChI=1S/C34H37F5N2O2/c35-29-17-27(43-26-8-4-12-33(19-26)13-5-14-40-21-33)18-30(36)31(29)32-28-10-9-25(42-20-23-6-2-1-3-7-23)16-24(28)11-15-41(32)22-34(37,38)39/h1-3,6-7,9-10,16-18,26,32,40H,4-5,8,11-15,19-22H2. The molecule has 1 N–H and O–H groups in total. The van der Waals surface area contributed by atoms with Crippen LogP contribution in [0.3, 0.4) is 0 Å². The van der Waals surface area contributed by atoms with Crippen molar-refractivity contribution in [2.45, 2.75) is 69.9 Å². The van der Waals surface area contributed by atoms with E-state index in [9.17, 15) is 13.2 Å². The van der Waals surface area contributed by atoms with Crippen molar-refractivity contribution in [1.82, 2.24) is 10.2 Å². The molecule has 1 aliphatic carbocycles. The highest BCUT2D eigenvalue weighted by atomic mass is 19.4. The number of ether oxygens (including phenoxy) is 2. The SMILES string of the molecule is Fc1cc(OC2CCCC3(CCCNC3)C2)cc(F)c1C1c2ccc(OCc3ccccc3)cc2CCN1CC(F)(F)F. The molecule has 1 saturated carbocycles. The van der Waals surface area contributed by atoms with E-state index < -0.39 is 36.0 Å². The van der Waals surface area contributed by atoms with Gasteiger partial charge in [0, 0.05) is 30.8 Å². The number of fused-ring (bicyclic) bond motifs is 1. The van der Waals surface area contributed by atoms with Crippen molar-refractivity contribution in [1.29, 1.82) is 0 Å². The second-order valence-corrected chi connectivity index (χ2v) is 12.3. The first-order valence-electron chi connectivity index (χ1n) is 15.1. The maximum atomic E-state index is 15.8. The number of alkyl halides is 3. The van der Waals surface area contributed by atoms with Crippen LogP contribution >= 0.6 is 0 Å². The van der Waals surface area contributed by atoms with E-state index in [1.807, 2.05) is 30.3 Å². The lowest BCUT2D eigenvalue weighted by Crippen LogP contribution is -2.45. The van der Waals surface area contributed by atoms with Crippen LogP contribution in [0.15, 0.2) is 60.7 Å². The Balaban J connectivity index is 1.26. The molecule has 3 aromatic carbocycles. The highest BCUT2D eigenvalue weighted by molar-refractivity contribution is 5.46. The first kappa shape index (κ1) is 29.9. The summed E-state index contributed by atoms with van der Waals surface area (Å²) in [5, 5.41) is 3.47. The van der Waals surface area contributed by atoms with E-state index in [2.05, 4.69) is 5.32 Å². The van der Waals surface area contributed by atoms with Gasteiger partial charge in [-0.1, -0.05) is 36.4 Å². The molecule has 0 bridgehead atoms. The molecule has 1 saturated heterocycles. The predicted molar refractivity (Wildman–Crippen MR) is 154 cm³/mol. The minimum absolute atomic E-state index is 0.00532. The average molecular weight is 601 g/mol. The zero-order chi connectivity index (χ0) is 30.0. The zero-order valence-electron chi connectivity index (χ0n) is 24.1. The first-order chi connectivity index (χ1) is 20.7. The average Bonchev–Trinajstić information content (AvgIpc) is 2.97. The molecule has 3 aliphatic rings. The molecule has 6 rings (SSSR count). The number of benzene rings is 3. The van der Waals surface area contributed by atoms with Crippen molar-refractivity contribution in [3.63, 3.8) is 0 Å². The Kier molecular flexibility index (Phi) is 8.65. The van der Waals surface area contributed by atoms with E-state index in [-0.39, 0.29) is 23.8 Å². The molecule has 0 radical (unpaired) electrons. The Morgan fingerprint density at radius 3 is 2.42 bits per heavy atom. The molecule has 2 fully saturated rings. The van der Waals surface area contributed by atoms with Crippen LogP contribution < -0.4 is 14.8 Å². The molecule has 1 spiro atoms. The fourth-order valence-corrected chi connectivity index (χ4v) is 7.22. The lowest BCUT2D eigenvalue weighted by Gasteiger charge is -2.43. The number of rotatable bonds is 7. The van der Waals surface area contributed by atoms with Crippen LogP contribution in [0, 0.1) is 17.0 Å². The third-order valence-corrected chi connectivity index (χ3v) is 9.16. The van der Waals surface area contributed by atoms with Crippen LogP contribution in [0.4, 0.5) is 22.0 Å². The molecule has 2 aliphatic heterocycles. The van der Waals surface area contributed by atoms with Gasteiger partial charge in [-0.3, -0.25) is 4.90 Å². The zero-order valence-corrected chi connectivity index (χ0v) is 24.1. The lowest BCUT2D eigenvalue weighted by molar-refractivity contribution is -0.150. The number of hydrogen-bond acceptors (Lipinski definition) is 4. The van der Waals surface area contributed by atoms with Crippen molar-refractivity contribution in [3.8, 4) is 11.5 Å². The Morgan fingerprint density at radius 1 is 0.930 bits per heavy atom. The summed E-state index contributed by atoms with van der Waals surface area (Å²) in [6, 6.07) is 15.7. The van der Waals surface area contributed by atoms with Gasteiger partial charge in [-0.25, -0.2) is 8.78 Å². The summed E-state index contributed by atoms with van der Waals surface area (Å²) in [4.78, 5) is 1.11. The van der Waals surface area contributed by atoms with E-state index in [1.54, 1.807) is 18.2 Å². The summed E-state index contributed by atoms with van der Waals surface area (Å²) in [6.45, 7) is 0.965. The Hall–Kier alpha value is -3.17. The third-order valence-electron chi connectivity index (χ3n) is 9.16. The summed E-state index contributed by atoms with van der Waals surface area (Å²) in [6.07, 6.45) is 1.52. The van der Waals surface area contributed by atoms with Gasteiger partial charge in [-0.15, -0.1) is 0 Å². The number of halogens is 5. The molecule has 9 heteroatoms. The summed E-state index contributed by atoms with van der Waals surface area (Å²) in [5.41, 5.74) is 1.87. The molecule has 4 nitrogen and oxygen atoms in total. The quantitative estimate of drug-likeness (QED) is 0.281. The van der Waals surface area contributed by atoms with E-state index in [4.69, 9.17) is 9.47 Å². The molecule has 43 heavy (non-hydrogen) atoms. The van der Waals surface area contributed by atoms with E-state index in [0.717, 1.165) is 74.2 Å². The molecule has 230 valence electrons. The number of nitrogens with one attached hydrogen (secondary N) is 1. The van der Waals surface area contributed by atoms with Gasteiger partial charge < -0.3 is 14.8 Å². The molecular weight excluding hydrogens is 563 g/mol. The van der Waals surface area contributed by atoms with Crippen molar-refractivity contribution in [3.05, 3.63) is 94.6 Å². The summed E-state index contributed by atoms with van der Waals surface area (Å²) >= 11 is 0. The molecule has 3 aromatic rings. The third kappa shape index (κ3) is 6.99. The number of hydrogen-bond donors (Lipinski definition) is 1. The van der Waals surface area contributed by atoms with Crippen LogP contribution in [-0.2, 0) is 13.0 Å². The van der Waals surface area contributed by atoms with Crippen LogP contribution in [0.5, 0.6) is 11.5 Å². The van der Waals surface area contributed by atoms with Crippen molar-refractivity contribution in [2.75, 3.05) is 26.2 Å². The van der Waals surface area contributed by atoms with Crippen molar-refractivity contribution in [2.24, 2.45) is 5.41 Å². The second kappa shape index (κ2) is 12.4. The van der Waals surface area contributed by atoms with Gasteiger partial charge in [0.05, 0.1) is 18.7 Å². The normalized spacial score (nSPS) is 24.5. The Bertz CT molecular complexity index is 1380. The molecule has 3 unspecified atom stereocenters. The summed E-state index contributed by atoms with van der Waals surface area (Å²) < 4.78 is 84.6. The van der Waals surface area contributed by atoms with E-state index in [0.29, 0.717) is 29.9 Å². The van der Waals surface area contributed by atoms with Gasteiger partial charge in [0.15, 0.2) is 0 Å². The van der Waals surface area contributed by atoms with Gasteiger partial charge >= 0.3 is 6.18 Å². The number of piperidine rings is 1. The first-order valence-corrected chi connectivity index (χ1v) is 15.1. The maximum absolute atomic E-state index is 15.8. The molecule has 0 amide bonds.